The molecule has 3 rings (SSSR count). The minimum Gasteiger partial charge on any atom is -0.462 e. The summed E-state index contributed by atoms with van der Waals surface area (Å²) in [7, 11) is -4.07. The second-order valence-electron chi connectivity index (χ2n) is 7.10. The predicted octanol–water partition coefficient (Wildman–Crippen LogP) is 4.03. The zero-order valence-electron chi connectivity index (χ0n) is 18.1. The van der Waals surface area contributed by atoms with Crippen molar-refractivity contribution < 1.29 is 22.5 Å². The summed E-state index contributed by atoms with van der Waals surface area (Å²) in [5.74, 6) is 0.0336. The van der Waals surface area contributed by atoms with Crippen molar-refractivity contribution >= 4 is 39.4 Å². The molecule has 0 aromatic heterocycles. The maximum Gasteiger partial charge on any atom is 0.338 e. The topological polar surface area (TPSA) is 99.5 Å². The Kier molecular flexibility index (Phi) is 7.66. The number of hydrogen-bond acceptors (Lipinski definition) is 7. The minimum atomic E-state index is -4.07. The van der Waals surface area contributed by atoms with E-state index in [2.05, 4.69) is 9.89 Å². The first-order valence-electron chi connectivity index (χ1n) is 10.4. The zero-order chi connectivity index (χ0) is 23.1. The molecule has 8 nitrogen and oxygen atoms in total. The standard InChI is InChI=1S/C23H27N3O5S/c1-3-25-20-12-11-18(23(27)31-4-2)17-21(20)26(15-8-16-32(28,29)30)22(25)13-14-24-19-9-6-5-7-10-19/h5-7,9-14,17H,3-4,8,15-16H2,1-2H3,(H,28,29,30)/b22-13-,24-14?. The van der Waals surface area contributed by atoms with E-state index in [1.807, 2.05) is 54.3 Å². The normalized spacial score (nSPS) is 14.9. The Hall–Kier alpha value is -3.17. The van der Waals surface area contributed by atoms with E-state index in [9.17, 15) is 13.2 Å². The van der Waals surface area contributed by atoms with Crippen LogP contribution < -0.4 is 9.80 Å². The van der Waals surface area contributed by atoms with Crippen molar-refractivity contribution in [3.8, 4) is 0 Å². The highest BCUT2D eigenvalue weighted by Gasteiger charge is 2.31. The second kappa shape index (κ2) is 10.4. The summed E-state index contributed by atoms with van der Waals surface area (Å²) >= 11 is 0. The number of aliphatic imine (C=N–C) groups is 1. The summed E-state index contributed by atoms with van der Waals surface area (Å²) in [5.41, 5.74) is 2.89. The molecule has 0 aliphatic carbocycles. The van der Waals surface area contributed by atoms with Crippen LogP contribution in [0.3, 0.4) is 0 Å². The number of anilines is 2. The van der Waals surface area contributed by atoms with Gasteiger partial charge in [-0.2, -0.15) is 8.42 Å². The fourth-order valence-corrected chi connectivity index (χ4v) is 4.05. The summed E-state index contributed by atoms with van der Waals surface area (Å²) in [4.78, 5) is 20.7. The van der Waals surface area contributed by atoms with Gasteiger partial charge in [-0.25, -0.2) is 4.79 Å². The molecule has 32 heavy (non-hydrogen) atoms. The predicted molar refractivity (Wildman–Crippen MR) is 126 cm³/mol. The second-order valence-corrected chi connectivity index (χ2v) is 8.67. The number of rotatable bonds is 9. The van der Waals surface area contributed by atoms with Crippen molar-refractivity contribution in [2.45, 2.75) is 20.3 Å². The van der Waals surface area contributed by atoms with Crippen LogP contribution in [0, 0.1) is 0 Å². The maximum atomic E-state index is 12.3. The maximum absolute atomic E-state index is 12.3. The van der Waals surface area contributed by atoms with Gasteiger partial charge in [0, 0.05) is 19.3 Å². The quantitative estimate of drug-likeness (QED) is 0.345. The molecule has 1 aliphatic heterocycles. The van der Waals surface area contributed by atoms with Crippen LogP contribution in [-0.2, 0) is 14.9 Å². The van der Waals surface area contributed by atoms with E-state index in [0.717, 1.165) is 22.9 Å². The van der Waals surface area contributed by atoms with Gasteiger partial charge in [0.05, 0.1) is 35.0 Å². The van der Waals surface area contributed by atoms with Crippen molar-refractivity contribution in [1.82, 2.24) is 0 Å². The number of fused-ring (bicyclic) bond motifs is 1. The van der Waals surface area contributed by atoms with E-state index < -0.39 is 16.1 Å². The Morgan fingerprint density at radius 2 is 1.84 bits per heavy atom. The first kappa shape index (κ1) is 23.5. The number of allylic oxidation sites excluding steroid dienone is 1. The highest BCUT2D eigenvalue weighted by Crippen LogP contribution is 2.42. The molecule has 0 radical (unpaired) electrons. The number of nitrogens with zero attached hydrogens (tertiary/aromatic N) is 3. The van der Waals surface area contributed by atoms with Crippen LogP contribution >= 0.6 is 0 Å². The van der Waals surface area contributed by atoms with Gasteiger partial charge in [0.15, 0.2) is 0 Å². The highest BCUT2D eigenvalue weighted by molar-refractivity contribution is 7.85. The lowest BCUT2D eigenvalue weighted by Gasteiger charge is -2.24. The molecule has 0 bridgehead atoms. The third kappa shape index (κ3) is 5.74. The summed E-state index contributed by atoms with van der Waals surface area (Å²) in [6.07, 6.45) is 3.77. The lowest BCUT2D eigenvalue weighted by atomic mass is 10.1. The van der Waals surface area contributed by atoms with Crippen LogP contribution in [0.15, 0.2) is 65.4 Å². The van der Waals surface area contributed by atoms with Crippen LogP contribution in [0.1, 0.15) is 30.6 Å². The fourth-order valence-electron chi connectivity index (χ4n) is 3.56. The van der Waals surface area contributed by atoms with E-state index in [-0.39, 0.29) is 18.8 Å². The largest absolute Gasteiger partial charge is 0.462 e. The third-order valence-electron chi connectivity index (χ3n) is 4.92. The summed E-state index contributed by atoms with van der Waals surface area (Å²) in [5, 5.41) is 0. The number of carbonyl (C=O) groups is 1. The van der Waals surface area contributed by atoms with Crippen molar-refractivity contribution in [1.29, 1.82) is 0 Å². The smallest absolute Gasteiger partial charge is 0.338 e. The minimum absolute atomic E-state index is 0.215. The lowest BCUT2D eigenvalue weighted by molar-refractivity contribution is 0.0526. The van der Waals surface area contributed by atoms with E-state index in [1.54, 1.807) is 25.3 Å². The molecule has 1 N–H and O–H groups in total. The molecule has 1 aliphatic rings. The molecule has 0 saturated heterocycles. The van der Waals surface area contributed by atoms with Crippen molar-refractivity contribution in [3.63, 3.8) is 0 Å². The molecule has 170 valence electrons. The Morgan fingerprint density at radius 1 is 1.09 bits per heavy atom. The van der Waals surface area contributed by atoms with E-state index in [0.29, 0.717) is 18.7 Å². The molecule has 0 amide bonds. The van der Waals surface area contributed by atoms with Gasteiger partial charge in [0.1, 0.15) is 5.82 Å². The Bertz CT molecular complexity index is 1110. The molecule has 0 unspecified atom stereocenters. The summed E-state index contributed by atoms with van der Waals surface area (Å²) in [6, 6.07) is 14.8. The average Bonchev–Trinajstić information content (AvgIpc) is 3.05. The van der Waals surface area contributed by atoms with Crippen LogP contribution in [0.2, 0.25) is 0 Å². The van der Waals surface area contributed by atoms with Crippen LogP contribution in [-0.4, -0.2) is 50.6 Å². The van der Waals surface area contributed by atoms with Crippen LogP contribution in [0.25, 0.3) is 0 Å². The van der Waals surface area contributed by atoms with Gasteiger partial charge in [-0.05, 0) is 56.7 Å². The molecule has 0 spiro atoms. The molecule has 2 aromatic carbocycles. The van der Waals surface area contributed by atoms with Gasteiger partial charge in [0.2, 0.25) is 0 Å². The number of para-hydroxylation sites is 1. The molecule has 1 heterocycles. The zero-order valence-corrected chi connectivity index (χ0v) is 19.0. The number of carbonyl (C=O) groups excluding carboxylic acids is 1. The van der Waals surface area contributed by atoms with Gasteiger partial charge < -0.3 is 14.5 Å². The van der Waals surface area contributed by atoms with Crippen molar-refractivity contribution in [3.05, 3.63) is 66.0 Å². The molecule has 2 aromatic rings. The first-order chi connectivity index (χ1) is 15.3. The van der Waals surface area contributed by atoms with E-state index in [4.69, 9.17) is 9.29 Å². The summed E-state index contributed by atoms with van der Waals surface area (Å²) in [6.45, 7) is 5.02. The fraction of sp³-hybridized carbons (Fsp3) is 0.304. The van der Waals surface area contributed by atoms with E-state index >= 15 is 0 Å². The van der Waals surface area contributed by atoms with Gasteiger partial charge in [-0.1, -0.05) is 18.2 Å². The first-order valence-corrected chi connectivity index (χ1v) is 12.1. The summed E-state index contributed by atoms with van der Waals surface area (Å²) < 4.78 is 36.7. The molecule has 0 saturated carbocycles. The Labute approximate surface area is 188 Å². The van der Waals surface area contributed by atoms with E-state index in [1.165, 1.54) is 0 Å². The molecule has 9 heteroatoms. The molecule has 0 fully saturated rings. The number of ether oxygens (including phenoxy) is 1. The van der Waals surface area contributed by atoms with Gasteiger partial charge in [-0.3, -0.25) is 9.55 Å². The van der Waals surface area contributed by atoms with Crippen molar-refractivity contribution in [2.24, 2.45) is 4.99 Å². The van der Waals surface area contributed by atoms with Crippen molar-refractivity contribution in [2.75, 3.05) is 35.2 Å². The molecular weight excluding hydrogens is 430 g/mol. The van der Waals surface area contributed by atoms with Crippen LogP contribution in [0.5, 0.6) is 0 Å². The monoisotopic (exact) mass is 457 g/mol. The molecule has 0 atom stereocenters. The molecular formula is C23H27N3O5S. The van der Waals surface area contributed by atoms with Gasteiger partial charge in [0.25, 0.3) is 10.1 Å². The Morgan fingerprint density at radius 3 is 2.50 bits per heavy atom. The average molecular weight is 458 g/mol. The number of benzene rings is 2. The van der Waals surface area contributed by atoms with Gasteiger partial charge >= 0.3 is 5.97 Å². The third-order valence-corrected chi connectivity index (χ3v) is 5.73. The lowest BCUT2D eigenvalue weighted by Crippen LogP contribution is -2.30. The number of esters is 1. The SMILES string of the molecule is CCOC(=O)c1ccc2c(c1)N(CCCS(=O)(=O)O)/C(=C\C=Nc1ccccc1)N2CC. The van der Waals surface area contributed by atoms with Crippen LogP contribution in [0.4, 0.5) is 17.1 Å². The Balaban J connectivity index is 1.97. The number of hydrogen-bond donors (Lipinski definition) is 1. The highest BCUT2D eigenvalue weighted by atomic mass is 32.2. The van der Waals surface area contributed by atoms with Gasteiger partial charge in [-0.15, -0.1) is 0 Å².